The van der Waals surface area contributed by atoms with Gasteiger partial charge in [-0.3, -0.25) is 4.90 Å². The van der Waals surface area contributed by atoms with Crippen LogP contribution in [-0.4, -0.2) is 49.2 Å². The van der Waals surface area contributed by atoms with Crippen LogP contribution in [0.3, 0.4) is 0 Å². The first-order valence-corrected chi connectivity index (χ1v) is 8.13. The SMILES string of the molecule is COC(=O)[C@H](CN1C[C@@H]2C=C[C@H]1C2)NC(=O)OCc1ccccc1. The molecule has 128 valence electrons. The number of hydrogen-bond donors (Lipinski definition) is 1. The minimum atomic E-state index is -0.731. The van der Waals surface area contributed by atoms with Crippen LogP contribution in [0.25, 0.3) is 0 Å². The summed E-state index contributed by atoms with van der Waals surface area (Å²) in [6, 6.07) is 9.02. The zero-order chi connectivity index (χ0) is 16.9. The lowest BCUT2D eigenvalue weighted by Gasteiger charge is -2.27. The smallest absolute Gasteiger partial charge is 0.408 e. The summed E-state index contributed by atoms with van der Waals surface area (Å²) in [4.78, 5) is 26.2. The summed E-state index contributed by atoms with van der Waals surface area (Å²) in [7, 11) is 1.32. The Balaban J connectivity index is 1.52. The number of methoxy groups -OCH3 is 1. The second-order valence-corrected chi connectivity index (χ2v) is 6.18. The van der Waals surface area contributed by atoms with E-state index < -0.39 is 18.1 Å². The van der Waals surface area contributed by atoms with E-state index in [4.69, 9.17) is 9.47 Å². The standard InChI is InChI=1S/C18H22N2O4/c1-23-17(21)16(11-20-10-14-7-8-15(20)9-14)19-18(22)24-12-13-5-3-2-4-6-13/h2-8,14-16H,9-12H2,1H3,(H,19,22)/t14-,15+,16+/m1/s1. The van der Waals surface area contributed by atoms with Gasteiger partial charge in [0, 0.05) is 19.1 Å². The normalized spacial score (nSPS) is 23.0. The molecular formula is C18H22N2O4. The number of nitrogens with one attached hydrogen (secondary N) is 1. The Kier molecular flexibility index (Phi) is 5.15. The van der Waals surface area contributed by atoms with Crippen LogP contribution < -0.4 is 5.32 Å². The minimum absolute atomic E-state index is 0.164. The van der Waals surface area contributed by atoms with Crippen LogP contribution >= 0.6 is 0 Å². The topological polar surface area (TPSA) is 67.9 Å². The van der Waals surface area contributed by atoms with Crippen LogP contribution in [-0.2, 0) is 20.9 Å². The number of nitrogens with zero attached hydrogens (tertiary/aromatic N) is 1. The summed E-state index contributed by atoms with van der Waals surface area (Å²) >= 11 is 0. The Morgan fingerprint density at radius 2 is 2.08 bits per heavy atom. The number of fused-ring (bicyclic) bond motifs is 2. The molecule has 1 saturated heterocycles. The summed E-state index contributed by atoms with van der Waals surface area (Å²) in [5.41, 5.74) is 0.893. The van der Waals surface area contributed by atoms with Gasteiger partial charge in [-0.25, -0.2) is 9.59 Å². The molecule has 3 atom stereocenters. The van der Waals surface area contributed by atoms with E-state index in [9.17, 15) is 9.59 Å². The third-order valence-electron chi connectivity index (χ3n) is 4.50. The third kappa shape index (κ3) is 3.94. The van der Waals surface area contributed by atoms with Gasteiger partial charge < -0.3 is 14.8 Å². The molecule has 2 bridgehead atoms. The predicted octanol–water partition coefficient (Wildman–Crippen LogP) is 1.71. The van der Waals surface area contributed by atoms with Gasteiger partial charge >= 0.3 is 12.1 Å². The summed E-state index contributed by atoms with van der Waals surface area (Å²) in [5, 5.41) is 2.62. The first-order valence-electron chi connectivity index (χ1n) is 8.13. The van der Waals surface area contributed by atoms with Crippen LogP contribution in [0.4, 0.5) is 4.79 Å². The van der Waals surface area contributed by atoms with Crippen LogP contribution in [0.2, 0.25) is 0 Å². The number of carbonyl (C=O) groups is 2. The number of carbonyl (C=O) groups excluding carboxylic acids is 2. The van der Waals surface area contributed by atoms with Crippen LogP contribution in [0.5, 0.6) is 0 Å². The molecule has 0 aromatic heterocycles. The van der Waals surface area contributed by atoms with Crippen molar-refractivity contribution in [2.45, 2.75) is 25.1 Å². The Labute approximate surface area is 141 Å². The lowest BCUT2D eigenvalue weighted by molar-refractivity contribution is -0.143. The lowest BCUT2D eigenvalue weighted by Crippen LogP contribution is -2.50. The fourth-order valence-electron chi connectivity index (χ4n) is 3.27. The molecule has 1 N–H and O–H groups in total. The zero-order valence-electron chi connectivity index (χ0n) is 13.7. The lowest BCUT2D eigenvalue weighted by atomic mass is 10.2. The van der Waals surface area contributed by atoms with Gasteiger partial charge in [0.05, 0.1) is 7.11 Å². The maximum absolute atomic E-state index is 12.0. The molecule has 1 heterocycles. The monoisotopic (exact) mass is 330 g/mol. The highest BCUT2D eigenvalue weighted by atomic mass is 16.6. The average molecular weight is 330 g/mol. The molecule has 1 aromatic rings. The Morgan fingerprint density at radius 3 is 2.71 bits per heavy atom. The zero-order valence-corrected chi connectivity index (χ0v) is 13.7. The van der Waals surface area contributed by atoms with Gasteiger partial charge in [-0.2, -0.15) is 0 Å². The molecule has 6 nitrogen and oxygen atoms in total. The number of amides is 1. The molecule has 1 fully saturated rings. The number of alkyl carbamates (subject to hydrolysis) is 1. The highest BCUT2D eigenvalue weighted by molar-refractivity contribution is 5.81. The number of esters is 1. The molecule has 3 rings (SSSR count). The van der Waals surface area contributed by atoms with Gasteiger partial charge in [0.2, 0.25) is 0 Å². The number of benzene rings is 1. The van der Waals surface area contributed by atoms with E-state index in [0.717, 1.165) is 18.5 Å². The van der Waals surface area contributed by atoms with E-state index >= 15 is 0 Å². The largest absolute Gasteiger partial charge is 0.467 e. The quantitative estimate of drug-likeness (QED) is 0.635. The van der Waals surface area contributed by atoms with Crippen molar-refractivity contribution in [1.29, 1.82) is 0 Å². The van der Waals surface area contributed by atoms with Crippen molar-refractivity contribution in [1.82, 2.24) is 10.2 Å². The van der Waals surface area contributed by atoms with Gasteiger partial charge in [-0.15, -0.1) is 0 Å². The van der Waals surface area contributed by atoms with E-state index in [1.165, 1.54) is 7.11 Å². The van der Waals surface area contributed by atoms with Gasteiger partial charge in [-0.1, -0.05) is 42.5 Å². The van der Waals surface area contributed by atoms with Crippen molar-refractivity contribution >= 4 is 12.1 Å². The number of likely N-dealkylation sites (tertiary alicyclic amines) is 1. The van der Waals surface area contributed by atoms with Gasteiger partial charge in [-0.05, 0) is 17.9 Å². The summed E-state index contributed by atoms with van der Waals surface area (Å²) in [6.45, 7) is 1.51. The third-order valence-corrected chi connectivity index (χ3v) is 4.50. The Morgan fingerprint density at radius 1 is 1.29 bits per heavy atom. The van der Waals surface area contributed by atoms with E-state index in [2.05, 4.69) is 22.4 Å². The van der Waals surface area contributed by atoms with Crippen LogP contribution in [0.1, 0.15) is 12.0 Å². The van der Waals surface area contributed by atoms with E-state index in [1.54, 1.807) is 0 Å². The predicted molar refractivity (Wildman–Crippen MR) is 88.2 cm³/mol. The van der Waals surface area contributed by atoms with E-state index in [-0.39, 0.29) is 6.61 Å². The van der Waals surface area contributed by atoms with Crippen molar-refractivity contribution in [2.75, 3.05) is 20.2 Å². The van der Waals surface area contributed by atoms with E-state index in [1.807, 2.05) is 30.3 Å². The molecule has 1 aliphatic carbocycles. The first-order chi connectivity index (χ1) is 11.7. The molecule has 0 spiro atoms. The number of ether oxygens (including phenoxy) is 2. The van der Waals surface area contributed by atoms with Gasteiger partial charge in [0.25, 0.3) is 0 Å². The maximum atomic E-state index is 12.0. The van der Waals surface area contributed by atoms with Gasteiger partial charge in [0.15, 0.2) is 0 Å². The molecule has 0 unspecified atom stereocenters. The molecule has 6 heteroatoms. The van der Waals surface area contributed by atoms with Crippen molar-refractivity contribution in [3.05, 3.63) is 48.0 Å². The number of hydrogen-bond acceptors (Lipinski definition) is 5. The summed E-state index contributed by atoms with van der Waals surface area (Å²) in [6.07, 6.45) is 4.85. The van der Waals surface area contributed by atoms with Crippen molar-refractivity contribution < 1.29 is 19.1 Å². The minimum Gasteiger partial charge on any atom is -0.467 e. The van der Waals surface area contributed by atoms with Crippen molar-refractivity contribution in [2.24, 2.45) is 5.92 Å². The molecule has 1 amide bonds. The Bertz CT molecular complexity index is 617. The first kappa shape index (κ1) is 16.5. The molecule has 1 aromatic carbocycles. The second-order valence-electron chi connectivity index (χ2n) is 6.18. The molecule has 2 aliphatic rings. The van der Waals surface area contributed by atoms with Gasteiger partial charge in [0.1, 0.15) is 12.6 Å². The highest BCUT2D eigenvalue weighted by Gasteiger charge is 2.36. The molecule has 24 heavy (non-hydrogen) atoms. The Hall–Kier alpha value is -2.34. The van der Waals surface area contributed by atoms with Crippen molar-refractivity contribution in [3.63, 3.8) is 0 Å². The summed E-state index contributed by atoms with van der Waals surface area (Å²) < 4.78 is 10.0. The highest BCUT2D eigenvalue weighted by Crippen LogP contribution is 2.31. The number of rotatable bonds is 6. The molecule has 1 aliphatic heterocycles. The molecular weight excluding hydrogens is 308 g/mol. The molecule has 0 saturated carbocycles. The molecule has 0 radical (unpaired) electrons. The summed E-state index contributed by atoms with van der Waals surface area (Å²) in [5.74, 6) is 0.0942. The second kappa shape index (κ2) is 7.49. The maximum Gasteiger partial charge on any atom is 0.408 e. The van der Waals surface area contributed by atoms with E-state index in [0.29, 0.717) is 18.5 Å². The van der Waals surface area contributed by atoms with Crippen LogP contribution in [0.15, 0.2) is 42.5 Å². The van der Waals surface area contributed by atoms with Crippen LogP contribution in [0, 0.1) is 5.92 Å². The van der Waals surface area contributed by atoms with Crippen molar-refractivity contribution in [3.8, 4) is 0 Å². The average Bonchev–Trinajstić information content (AvgIpc) is 3.22. The fourth-order valence-corrected chi connectivity index (χ4v) is 3.27. The fraction of sp³-hybridized carbons (Fsp3) is 0.444.